The lowest BCUT2D eigenvalue weighted by atomic mass is 9.80. The first-order valence-electron chi connectivity index (χ1n) is 8.01. The van der Waals surface area contributed by atoms with Crippen LogP contribution >= 0.6 is 0 Å². The summed E-state index contributed by atoms with van der Waals surface area (Å²) in [5.41, 5.74) is 0.536. The first kappa shape index (κ1) is 16.0. The number of hydrogen-bond acceptors (Lipinski definition) is 6. The highest BCUT2D eigenvalue weighted by Gasteiger charge is 2.52. The van der Waals surface area contributed by atoms with Crippen molar-refractivity contribution in [3.8, 4) is 0 Å². The smallest absolute Gasteiger partial charge is 0.399 e. The molecule has 0 radical (unpaired) electrons. The van der Waals surface area contributed by atoms with Gasteiger partial charge in [-0.2, -0.15) is 5.10 Å². The van der Waals surface area contributed by atoms with E-state index in [-0.39, 0.29) is 5.75 Å². The molecule has 2 aliphatic heterocycles. The molecule has 0 amide bonds. The Morgan fingerprint density at radius 1 is 1.21 bits per heavy atom. The maximum Gasteiger partial charge on any atom is 0.496 e. The Balaban J connectivity index is 1.69. The molecule has 1 atom stereocenters. The van der Waals surface area contributed by atoms with Crippen molar-refractivity contribution < 1.29 is 17.7 Å². The Morgan fingerprint density at radius 2 is 1.88 bits per heavy atom. The van der Waals surface area contributed by atoms with Crippen LogP contribution in [0.25, 0.3) is 11.0 Å². The van der Waals surface area contributed by atoms with Gasteiger partial charge in [-0.05, 0) is 40.2 Å². The van der Waals surface area contributed by atoms with Crippen LogP contribution in [0.4, 0.5) is 0 Å². The van der Waals surface area contributed by atoms with Gasteiger partial charge >= 0.3 is 7.12 Å². The van der Waals surface area contributed by atoms with E-state index < -0.39 is 33.5 Å². The zero-order chi connectivity index (χ0) is 17.3. The fourth-order valence-electron chi connectivity index (χ4n) is 2.97. The third-order valence-electron chi connectivity index (χ3n) is 5.32. The van der Waals surface area contributed by atoms with Gasteiger partial charge in [-0.1, -0.05) is 0 Å². The maximum atomic E-state index is 11.9. The lowest BCUT2D eigenvalue weighted by Crippen LogP contribution is -2.41. The molecule has 7 nitrogen and oxygen atoms in total. The van der Waals surface area contributed by atoms with Crippen molar-refractivity contribution in [3.05, 3.63) is 18.5 Å². The minimum absolute atomic E-state index is 0.213. The number of rotatable bonds is 2. The molecule has 0 aliphatic carbocycles. The third kappa shape index (κ3) is 2.22. The summed E-state index contributed by atoms with van der Waals surface area (Å²) >= 11 is 0. The highest BCUT2D eigenvalue weighted by Crippen LogP contribution is 2.37. The van der Waals surface area contributed by atoms with Gasteiger partial charge in [-0.15, -0.1) is 0 Å². The lowest BCUT2D eigenvalue weighted by Gasteiger charge is -2.32. The number of hydrogen-bond donors (Lipinski definition) is 0. The molecule has 0 aromatic carbocycles. The minimum Gasteiger partial charge on any atom is -0.399 e. The van der Waals surface area contributed by atoms with Crippen LogP contribution < -0.4 is 5.46 Å². The average molecular weight is 349 g/mol. The monoisotopic (exact) mass is 349 g/mol. The predicted octanol–water partition coefficient (Wildman–Crippen LogP) is 1.05. The molecule has 0 spiro atoms. The second-order valence-corrected chi connectivity index (χ2v) is 9.75. The van der Waals surface area contributed by atoms with Crippen LogP contribution in [0.1, 0.15) is 39.5 Å². The molecule has 2 aromatic heterocycles. The molecule has 0 bridgehead atoms. The van der Waals surface area contributed by atoms with Crippen molar-refractivity contribution in [1.29, 1.82) is 0 Å². The van der Waals surface area contributed by atoms with Gasteiger partial charge in [-0.25, -0.2) is 18.1 Å². The van der Waals surface area contributed by atoms with E-state index in [0.717, 1.165) is 10.8 Å². The highest BCUT2D eigenvalue weighted by molar-refractivity contribution is 7.92. The average Bonchev–Trinajstić information content (AvgIpc) is 2.96. The van der Waals surface area contributed by atoms with Gasteiger partial charge in [-0.3, -0.25) is 0 Å². The molecule has 2 aromatic rings. The SMILES string of the molecule is CC1(C)OB(c2cnc3c(cnn3C3CCS3(=O)=O)c2)OC1(C)C. The summed E-state index contributed by atoms with van der Waals surface area (Å²) in [6.07, 6.45) is 3.90. The first-order valence-corrected chi connectivity index (χ1v) is 9.73. The molecular weight excluding hydrogens is 329 g/mol. The van der Waals surface area contributed by atoms with Crippen LogP contribution in [0.2, 0.25) is 0 Å². The number of sulfone groups is 1. The zero-order valence-electron chi connectivity index (χ0n) is 14.2. The van der Waals surface area contributed by atoms with Gasteiger partial charge in [0.05, 0.1) is 23.2 Å². The lowest BCUT2D eigenvalue weighted by molar-refractivity contribution is 0.00578. The highest BCUT2D eigenvalue weighted by atomic mass is 32.2. The molecule has 128 valence electrons. The van der Waals surface area contributed by atoms with Crippen molar-refractivity contribution in [2.24, 2.45) is 0 Å². The summed E-state index contributed by atoms with van der Waals surface area (Å²) in [7, 11) is -3.58. The molecule has 4 rings (SSSR count). The molecule has 2 fully saturated rings. The zero-order valence-corrected chi connectivity index (χ0v) is 15.0. The van der Waals surface area contributed by atoms with E-state index in [0.29, 0.717) is 12.1 Å². The second kappa shape index (κ2) is 4.80. The molecule has 2 aliphatic rings. The standard InChI is InChI=1S/C15H20BN3O4S/c1-14(2)15(3,4)23-16(22-14)11-7-10-8-18-19(13(10)17-9-11)12-5-6-24(12,20)21/h7-9,12H,5-6H2,1-4H3. The summed E-state index contributed by atoms with van der Waals surface area (Å²) in [6.45, 7) is 7.99. The molecule has 9 heteroatoms. The Hall–Kier alpha value is -1.45. The van der Waals surface area contributed by atoms with Crippen molar-refractivity contribution in [1.82, 2.24) is 14.8 Å². The van der Waals surface area contributed by atoms with E-state index in [1.165, 1.54) is 4.68 Å². The van der Waals surface area contributed by atoms with E-state index in [4.69, 9.17) is 9.31 Å². The van der Waals surface area contributed by atoms with Crippen LogP contribution in [0.3, 0.4) is 0 Å². The van der Waals surface area contributed by atoms with E-state index in [9.17, 15) is 8.42 Å². The first-order chi connectivity index (χ1) is 11.1. The van der Waals surface area contributed by atoms with Gasteiger partial charge in [0.2, 0.25) is 0 Å². The summed E-state index contributed by atoms with van der Waals surface area (Å²) in [5, 5.41) is 4.42. The van der Waals surface area contributed by atoms with Gasteiger partial charge in [0.25, 0.3) is 0 Å². The summed E-state index contributed by atoms with van der Waals surface area (Å²) < 4.78 is 37.3. The number of fused-ring (bicyclic) bond motifs is 1. The van der Waals surface area contributed by atoms with E-state index in [2.05, 4.69) is 10.1 Å². The molecular formula is C15H20BN3O4S. The fraction of sp³-hybridized carbons (Fsp3) is 0.600. The number of aromatic nitrogens is 3. The van der Waals surface area contributed by atoms with Gasteiger partial charge < -0.3 is 9.31 Å². The van der Waals surface area contributed by atoms with Crippen molar-refractivity contribution in [2.75, 3.05) is 5.75 Å². The van der Waals surface area contributed by atoms with E-state index in [1.807, 2.05) is 33.8 Å². The molecule has 1 unspecified atom stereocenters. The van der Waals surface area contributed by atoms with E-state index >= 15 is 0 Å². The Kier molecular flexibility index (Phi) is 3.21. The van der Waals surface area contributed by atoms with Crippen LogP contribution in [0, 0.1) is 0 Å². The van der Waals surface area contributed by atoms with Crippen LogP contribution in [-0.4, -0.2) is 47.3 Å². The van der Waals surface area contributed by atoms with E-state index in [1.54, 1.807) is 12.4 Å². The Bertz CT molecular complexity index is 906. The Labute approximate surface area is 141 Å². The maximum absolute atomic E-state index is 11.9. The van der Waals surface area contributed by atoms with Crippen molar-refractivity contribution in [2.45, 2.75) is 50.7 Å². The van der Waals surface area contributed by atoms with Crippen molar-refractivity contribution >= 4 is 33.5 Å². The van der Waals surface area contributed by atoms with Gasteiger partial charge in [0.15, 0.2) is 20.9 Å². The second-order valence-electron chi connectivity index (χ2n) is 7.47. The number of nitrogens with zero attached hydrogens (tertiary/aromatic N) is 3. The topological polar surface area (TPSA) is 83.3 Å². The fourth-order valence-corrected chi connectivity index (χ4v) is 4.26. The molecule has 24 heavy (non-hydrogen) atoms. The molecule has 2 saturated heterocycles. The molecule has 0 N–H and O–H groups in total. The molecule has 4 heterocycles. The van der Waals surface area contributed by atoms with Crippen LogP contribution in [0.5, 0.6) is 0 Å². The van der Waals surface area contributed by atoms with Crippen molar-refractivity contribution in [3.63, 3.8) is 0 Å². The van der Waals surface area contributed by atoms with Crippen LogP contribution in [0.15, 0.2) is 18.5 Å². The quantitative estimate of drug-likeness (QED) is 0.754. The van der Waals surface area contributed by atoms with Gasteiger partial charge in [0.1, 0.15) is 0 Å². The number of pyridine rings is 1. The summed E-state index contributed by atoms with van der Waals surface area (Å²) in [6, 6.07) is 1.90. The Morgan fingerprint density at radius 3 is 2.42 bits per heavy atom. The normalized spacial score (nSPS) is 27.3. The minimum atomic E-state index is -3.08. The summed E-state index contributed by atoms with van der Waals surface area (Å²) in [4.78, 5) is 4.43. The predicted molar refractivity (Wildman–Crippen MR) is 90.7 cm³/mol. The molecule has 0 saturated carbocycles. The van der Waals surface area contributed by atoms with Gasteiger partial charge in [0, 0.05) is 17.0 Å². The largest absolute Gasteiger partial charge is 0.496 e. The third-order valence-corrected chi connectivity index (χ3v) is 7.39. The summed E-state index contributed by atoms with van der Waals surface area (Å²) in [5.74, 6) is 0.213. The van der Waals surface area contributed by atoms with Crippen LogP contribution in [-0.2, 0) is 19.1 Å².